The fourth-order valence-corrected chi connectivity index (χ4v) is 5.06. The van der Waals surface area contributed by atoms with Crippen LogP contribution in [0.5, 0.6) is 0 Å². The molecule has 1 aromatic heterocycles. The van der Waals surface area contributed by atoms with E-state index in [4.69, 9.17) is 5.73 Å². The summed E-state index contributed by atoms with van der Waals surface area (Å²) in [6.45, 7) is 5.11. The van der Waals surface area contributed by atoms with Crippen LogP contribution in [0.1, 0.15) is 50.8 Å². The topological polar surface area (TPSA) is 55.1 Å². The van der Waals surface area contributed by atoms with Crippen LogP contribution in [0.3, 0.4) is 0 Å². The summed E-state index contributed by atoms with van der Waals surface area (Å²) in [6.07, 6.45) is 5.69. The normalized spacial score (nSPS) is 30.4. The minimum absolute atomic E-state index is 0. The van der Waals surface area contributed by atoms with Crippen molar-refractivity contribution in [3.8, 4) is 0 Å². The monoisotopic (exact) mass is 356 g/mol. The third kappa shape index (κ3) is 4.09. The van der Waals surface area contributed by atoms with Crippen LogP contribution in [0.2, 0.25) is 0 Å². The highest BCUT2D eigenvalue weighted by molar-refractivity contribution is 7.10. The number of nitrogens with one attached hydrogen (secondary N) is 1. The maximum atomic E-state index is 12.6. The first kappa shape index (κ1) is 18.8. The van der Waals surface area contributed by atoms with Crippen LogP contribution in [0.15, 0.2) is 17.5 Å². The van der Waals surface area contributed by atoms with E-state index >= 15 is 0 Å². The van der Waals surface area contributed by atoms with E-state index in [0.717, 1.165) is 12.8 Å². The van der Waals surface area contributed by atoms with Gasteiger partial charge >= 0.3 is 0 Å². The van der Waals surface area contributed by atoms with Crippen molar-refractivity contribution in [2.24, 2.45) is 23.5 Å². The molecule has 2 fully saturated rings. The van der Waals surface area contributed by atoms with Crippen molar-refractivity contribution in [3.63, 3.8) is 0 Å². The van der Waals surface area contributed by atoms with Crippen molar-refractivity contribution in [1.29, 1.82) is 0 Å². The second kappa shape index (κ2) is 7.54. The number of thiophene rings is 1. The van der Waals surface area contributed by atoms with Gasteiger partial charge in [0.25, 0.3) is 0 Å². The molecule has 2 aliphatic rings. The molecule has 130 valence electrons. The number of amides is 1. The van der Waals surface area contributed by atoms with Gasteiger partial charge < -0.3 is 11.1 Å². The van der Waals surface area contributed by atoms with Crippen LogP contribution >= 0.6 is 23.7 Å². The van der Waals surface area contributed by atoms with Gasteiger partial charge in [-0.15, -0.1) is 23.7 Å². The molecule has 2 aliphatic carbocycles. The first-order valence-corrected chi connectivity index (χ1v) is 9.42. The molecule has 0 saturated heterocycles. The second-order valence-electron chi connectivity index (χ2n) is 7.78. The molecule has 0 spiro atoms. The average molecular weight is 357 g/mol. The summed E-state index contributed by atoms with van der Waals surface area (Å²) in [6, 6.07) is 4.56. The molecule has 3 N–H and O–H groups in total. The van der Waals surface area contributed by atoms with Gasteiger partial charge in [0, 0.05) is 28.8 Å². The van der Waals surface area contributed by atoms with E-state index in [1.54, 1.807) is 11.3 Å². The van der Waals surface area contributed by atoms with Crippen LogP contribution in [-0.2, 0) is 10.2 Å². The molecule has 0 aromatic carbocycles. The number of rotatable bonds is 4. The van der Waals surface area contributed by atoms with Gasteiger partial charge in [-0.25, -0.2) is 0 Å². The zero-order valence-electron chi connectivity index (χ0n) is 14.1. The number of halogens is 1. The summed E-state index contributed by atoms with van der Waals surface area (Å²) >= 11 is 1.76. The van der Waals surface area contributed by atoms with Gasteiger partial charge in [0.1, 0.15) is 0 Å². The average Bonchev–Trinajstić information content (AvgIpc) is 2.99. The van der Waals surface area contributed by atoms with Crippen LogP contribution in [0, 0.1) is 17.8 Å². The van der Waals surface area contributed by atoms with E-state index in [2.05, 4.69) is 36.7 Å². The predicted molar refractivity (Wildman–Crippen MR) is 99.1 cm³/mol. The molecular weight excluding hydrogens is 328 g/mol. The Morgan fingerprint density at radius 2 is 2.00 bits per heavy atom. The number of nitrogens with two attached hydrogens (primary N) is 1. The molecule has 3 nitrogen and oxygen atoms in total. The fraction of sp³-hybridized carbons (Fsp3) is 0.722. The van der Waals surface area contributed by atoms with Crippen LogP contribution in [0.4, 0.5) is 0 Å². The Morgan fingerprint density at radius 1 is 1.35 bits per heavy atom. The van der Waals surface area contributed by atoms with Crippen molar-refractivity contribution in [1.82, 2.24) is 5.32 Å². The number of carbonyl (C=O) groups is 1. The summed E-state index contributed by atoms with van der Waals surface area (Å²) in [5, 5.41) is 5.31. The lowest BCUT2D eigenvalue weighted by atomic mass is 9.65. The van der Waals surface area contributed by atoms with E-state index in [0.29, 0.717) is 24.4 Å². The zero-order valence-corrected chi connectivity index (χ0v) is 15.7. The number of hydrogen-bond donors (Lipinski definition) is 2. The Morgan fingerprint density at radius 3 is 2.57 bits per heavy atom. The first-order valence-electron chi connectivity index (χ1n) is 8.54. The Balaban J connectivity index is 0.00000192. The van der Waals surface area contributed by atoms with Gasteiger partial charge in [0.15, 0.2) is 0 Å². The lowest BCUT2D eigenvalue weighted by Gasteiger charge is -2.43. The van der Waals surface area contributed by atoms with Crippen LogP contribution in [0.25, 0.3) is 0 Å². The van der Waals surface area contributed by atoms with Gasteiger partial charge in [-0.1, -0.05) is 26.3 Å². The molecule has 2 bridgehead atoms. The Labute approximate surface area is 149 Å². The van der Waals surface area contributed by atoms with E-state index in [1.165, 1.54) is 24.1 Å². The van der Waals surface area contributed by atoms with Crippen LogP contribution < -0.4 is 11.1 Å². The van der Waals surface area contributed by atoms with E-state index in [1.807, 2.05) is 0 Å². The van der Waals surface area contributed by atoms with Crippen molar-refractivity contribution >= 4 is 29.7 Å². The largest absolute Gasteiger partial charge is 0.355 e. The molecule has 2 atom stereocenters. The number of carbonyl (C=O) groups excluding carboxylic acids is 1. The zero-order chi connectivity index (χ0) is 15.7. The Bertz CT molecular complexity index is 503. The smallest absolute Gasteiger partial charge is 0.223 e. The standard InChI is InChI=1S/C18H28N2OS.ClH/c1-18(2,15-7-4-8-22-15)11-20-17(21)14-9-12-5-3-6-13(10-14)16(12)19;/h4,7-8,12-14,16H,3,5-6,9-11,19H2,1-2H3,(H,20,21);1H. The molecule has 1 amide bonds. The Hall–Kier alpha value is -0.580. The fourth-order valence-electron chi connectivity index (χ4n) is 4.21. The second-order valence-corrected chi connectivity index (χ2v) is 8.72. The van der Waals surface area contributed by atoms with E-state index < -0.39 is 0 Å². The van der Waals surface area contributed by atoms with Gasteiger partial charge in [-0.2, -0.15) is 0 Å². The summed E-state index contributed by atoms with van der Waals surface area (Å²) < 4.78 is 0. The Kier molecular flexibility index (Phi) is 6.15. The SMILES string of the molecule is CC(C)(CNC(=O)C1CC2CCCC(C1)C2N)c1cccs1.Cl. The molecule has 0 aliphatic heterocycles. The highest BCUT2D eigenvalue weighted by Crippen LogP contribution is 2.42. The van der Waals surface area contributed by atoms with E-state index in [9.17, 15) is 4.79 Å². The number of hydrogen-bond acceptors (Lipinski definition) is 3. The molecule has 1 aromatic rings. The summed E-state index contributed by atoms with van der Waals surface area (Å²) in [4.78, 5) is 13.9. The van der Waals surface area contributed by atoms with Crippen LogP contribution in [-0.4, -0.2) is 18.5 Å². The highest BCUT2D eigenvalue weighted by atomic mass is 35.5. The third-order valence-electron chi connectivity index (χ3n) is 5.68. The third-order valence-corrected chi connectivity index (χ3v) is 6.91. The molecule has 2 unspecified atom stereocenters. The molecule has 23 heavy (non-hydrogen) atoms. The van der Waals surface area contributed by atoms with Gasteiger partial charge in [-0.05, 0) is 49.0 Å². The summed E-state index contributed by atoms with van der Waals surface area (Å²) in [5.41, 5.74) is 6.33. The summed E-state index contributed by atoms with van der Waals surface area (Å²) in [5.74, 6) is 1.55. The highest BCUT2D eigenvalue weighted by Gasteiger charge is 2.40. The minimum atomic E-state index is 0. The van der Waals surface area contributed by atoms with Gasteiger partial charge in [-0.3, -0.25) is 4.79 Å². The van der Waals surface area contributed by atoms with Crippen molar-refractivity contribution in [2.45, 2.75) is 57.4 Å². The van der Waals surface area contributed by atoms with Crippen molar-refractivity contribution in [2.75, 3.05) is 6.54 Å². The molecular formula is C18H29ClN2OS. The predicted octanol–water partition coefficient (Wildman–Crippen LogP) is 3.72. The first-order chi connectivity index (χ1) is 10.5. The van der Waals surface area contributed by atoms with Crippen molar-refractivity contribution < 1.29 is 4.79 Å². The maximum absolute atomic E-state index is 12.6. The maximum Gasteiger partial charge on any atom is 0.223 e. The molecule has 2 saturated carbocycles. The lowest BCUT2D eigenvalue weighted by molar-refractivity contribution is -0.128. The molecule has 3 rings (SSSR count). The minimum Gasteiger partial charge on any atom is -0.355 e. The number of fused-ring (bicyclic) bond motifs is 2. The van der Waals surface area contributed by atoms with Gasteiger partial charge in [0.2, 0.25) is 5.91 Å². The molecule has 5 heteroatoms. The molecule has 1 heterocycles. The molecule has 0 radical (unpaired) electrons. The quantitative estimate of drug-likeness (QED) is 0.863. The van der Waals surface area contributed by atoms with Gasteiger partial charge in [0.05, 0.1) is 0 Å². The van der Waals surface area contributed by atoms with Crippen molar-refractivity contribution in [3.05, 3.63) is 22.4 Å². The lowest BCUT2D eigenvalue weighted by Crippen LogP contribution is -2.50. The van der Waals surface area contributed by atoms with E-state index in [-0.39, 0.29) is 29.6 Å². The summed E-state index contributed by atoms with van der Waals surface area (Å²) in [7, 11) is 0.